The molecule has 1 heterocycles. The topological polar surface area (TPSA) is 69.7 Å². The minimum absolute atomic E-state index is 0.177. The molecule has 0 fully saturated rings. The first-order valence-electron chi connectivity index (χ1n) is 7.67. The average Bonchev–Trinajstić information content (AvgIpc) is 2.53. The van der Waals surface area contributed by atoms with Crippen LogP contribution < -0.4 is 10.1 Å². The standard InChI is InChI=1S/C16H26N2O4/c1-5-16(4,22-7-3)15(19)18-13-8-9-14(17-12-13)21-11-10-20-6-2/h8-9,12H,5-7,10-11H2,1-4H3,(H,18,19)/t16-/m1/s1. The molecule has 0 aliphatic heterocycles. The van der Waals surface area contributed by atoms with Crippen LogP contribution in [0.25, 0.3) is 0 Å². The Labute approximate surface area is 132 Å². The van der Waals surface area contributed by atoms with Crippen LogP contribution >= 0.6 is 0 Å². The number of ether oxygens (including phenoxy) is 3. The fourth-order valence-corrected chi connectivity index (χ4v) is 1.80. The summed E-state index contributed by atoms with van der Waals surface area (Å²) < 4.78 is 16.1. The van der Waals surface area contributed by atoms with Gasteiger partial charge in [0.2, 0.25) is 5.88 Å². The molecule has 1 aromatic rings. The molecule has 0 spiro atoms. The lowest BCUT2D eigenvalue weighted by Crippen LogP contribution is -2.42. The third-order valence-corrected chi connectivity index (χ3v) is 3.29. The molecule has 0 aliphatic carbocycles. The lowest BCUT2D eigenvalue weighted by molar-refractivity contribution is -0.139. The van der Waals surface area contributed by atoms with Crippen molar-refractivity contribution in [1.29, 1.82) is 0 Å². The number of hydrogen-bond donors (Lipinski definition) is 1. The summed E-state index contributed by atoms with van der Waals surface area (Å²) in [6, 6.07) is 3.47. The third kappa shape index (κ3) is 5.61. The fraction of sp³-hybridized carbons (Fsp3) is 0.625. The molecule has 1 rings (SSSR count). The quantitative estimate of drug-likeness (QED) is 0.673. The summed E-state index contributed by atoms with van der Waals surface area (Å²) in [5, 5.41) is 2.82. The van der Waals surface area contributed by atoms with Crippen molar-refractivity contribution in [2.45, 2.75) is 39.7 Å². The van der Waals surface area contributed by atoms with E-state index in [4.69, 9.17) is 14.2 Å². The van der Waals surface area contributed by atoms with Crippen molar-refractivity contribution in [3.05, 3.63) is 18.3 Å². The first kappa shape index (κ1) is 18.4. The van der Waals surface area contributed by atoms with E-state index in [2.05, 4.69) is 10.3 Å². The Morgan fingerprint density at radius 1 is 1.23 bits per heavy atom. The highest BCUT2D eigenvalue weighted by Crippen LogP contribution is 2.19. The summed E-state index contributed by atoms with van der Waals surface area (Å²) in [7, 11) is 0. The average molecular weight is 310 g/mol. The number of nitrogens with one attached hydrogen (secondary N) is 1. The second-order valence-electron chi connectivity index (χ2n) is 4.90. The summed E-state index contributed by atoms with van der Waals surface area (Å²) in [6.07, 6.45) is 2.16. The zero-order valence-corrected chi connectivity index (χ0v) is 13.8. The van der Waals surface area contributed by atoms with Crippen molar-refractivity contribution < 1.29 is 19.0 Å². The maximum Gasteiger partial charge on any atom is 0.256 e. The molecule has 6 heteroatoms. The summed E-state index contributed by atoms with van der Waals surface area (Å²) in [4.78, 5) is 16.4. The highest BCUT2D eigenvalue weighted by Gasteiger charge is 2.31. The maximum absolute atomic E-state index is 12.3. The van der Waals surface area contributed by atoms with Crippen LogP contribution in [0.2, 0.25) is 0 Å². The van der Waals surface area contributed by atoms with E-state index in [1.54, 1.807) is 25.3 Å². The number of amides is 1. The SMILES string of the molecule is CCOCCOc1ccc(NC(=O)[C@@](C)(CC)OCC)cn1. The molecule has 0 saturated heterocycles. The van der Waals surface area contributed by atoms with Gasteiger partial charge in [-0.2, -0.15) is 0 Å². The van der Waals surface area contributed by atoms with Crippen molar-refractivity contribution in [1.82, 2.24) is 4.98 Å². The van der Waals surface area contributed by atoms with E-state index < -0.39 is 5.60 Å². The lowest BCUT2D eigenvalue weighted by Gasteiger charge is -2.26. The predicted molar refractivity (Wildman–Crippen MR) is 85.2 cm³/mol. The van der Waals surface area contributed by atoms with Gasteiger partial charge in [-0.05, 0) is 33.3 Å². The van der Waals surface area contributed by atoms with Crippen molar-refractivity contribution in [3.63, 3.8) is 0 Å². The second kappa shape index (κ2) is 9.38. The van der Waals surface area contributed by atoms with Crippen LogP contribution in [-0.2, 0) is 14.3 Å². The number of pyridine rings is 1. The summed E-state index contributed by atoms with van der Waals surface area (Å²) >= 11 is 0. The molecular weight excluding hydrogens is 284 g/mol. The summed E-state index contributed by atoms with van der Waals surface area (Å²) in [6.45, 7) is 9.64. The summed E-state index contributed by atoms with van der Waals surface area (Å²) in [5.74, 6) is 0.324. The van der Waals surface area contributed by atoms with E-state index in [9.17, 15) is 4.79 Å². The second-order valence-corrected chi connectivity index (χ2v) is 4.90. The van der Waals surface area contributed by atoms with Gasteiger partial charge in [-0.1, -0.05) is 6.92 Å². The Kier molecular flexibility index (Phi) is 7.84. The van der Waals surface area contributed by atoms with Gasteiger partial charge in [-0.25, -0.2) is 4.98 Å². The largest absolute Gasteiger partial charge is 0.475 e. The lowest BCUT2D eigenvalue weighted by atomic mass is 10.0. The van der Waals surface area contributed by atoms with Gasteiger partial charge in [0, 0.05) is 19.3 Å². The van der Waals surface area contributed by atoms with E-state index in [-0.39, 0.29) is 5.91 Å². The highest BCUT2D eigenvalue weighted by atomic mass is 16.5. The number of aromatic nitrogens is 1. The van der Waals surface area contributed by atoms with Gasteiger partial charge < -0.3 is 19.5 Å². The molecule has 0 bridgehead atoms. The molecule has 124 valence electrons. The van der Waals surface area contributed by atoms with Crippen LogP contribution in [0.4, 0.5) is 5.69 Å². The van der Waals surface area contributed by atoms with E-state index in [1.807, 2.05) is 20.8 Å². The molecule has 0 radical (unpaired) electrons. The van der Waals surface area contributed by atoms with Gasteiger partial charge in [0.05, 0.1) is 18.5 Å². The molecule has 0 saturated carbocycles. The van der Waals surface area contributed by atoms with Gasteiger partial charge in [0.1, 0.15) is 12.2 Å². The molecule has 1 aromatic heterocycles. The molecule has 1 amide bonds. The van der Waals surface area contributed by atoms with Crippen LogP contribution in [0.1, 0.15) is 34.1 Å². The monoisotopic (exact) mass is 310 g/mol. The number of carbonyl (C=O) groups is 1. The Bertz CT molecular complexity index is 450. The summed E-state index contributed by atoms with van der Waals surface area (Å²) in [5.41, 5.74) is -0.219. The fourth-order valence-electron chi connectivity index (χ4n) is 1.80. The van der Waals surface area contributed by atoms with Crippen molar-refractivity contribution in [2.24, 2.45) is 0 Å². The molecule has 0 aliphatic rings. The molecule has 0 unspecified atom stereocenters. The molecule has 6 nitrogen and oxygen atoms in total. The van der Waals surface area contributed by atoms with Gasteiger partial charge in [0.15, 0.2) is 0 Å². The smallest absolute Gasteiger partial charge is 0.256 e. The number of anilines is 1. The number of nitrogens with zero attached hydrogens (tertiary/aromatic N) is 1. The highest BCUT2D eigenvalue weighted by molar-refractivity contribution is 5.96. The maximum atomic E-state index is 12.3. The van der Waals surface area contributed by atoms with Gasteiger partial charge in [-0.15, -0.1) is 0 Å². The van der Waals surface area contributed by atoms with Crippen molar-refractivity contribution >= 4 is 11.6 Å². The van der Waals surface area contributed by atoms with Crippen LogP contribution in [0.5, 0.6) is 5.88 Å². The predicted octanol–water partition coefficient (Wildman–Crippen LogP) is 2.64. The molecular formula is C16H26N2O4. The van der Waals surface area contributed by atoms with E-state index in [0.29, 0.717) is 44.4 Å². The molecule has 1 N–H and O–H groups in total. The molecule has 1 atom stereocenters. The van der Waals surface area contributed by atoms with Crippen LogP contribution in [0.15, 0.2) is 18.3 Å². The minimum atomic E-state index is -0.832. The normalized spacial score (nSPS) is 13.5. The number of hydrogen-bond acceptors (Lipinski definition) is 5. The van der Waals surface area contributed by atoms with E-state index in [0.717, 1.165) is 0 Å². The Morgan fingerprint density at radius 3 is 2.55 bits per heavy atom. The first-order valence-corrected chi connectivity index (χ1v) is 7.67. The van der Waals surface area contributed by atoms with Gasteiger partial charge in [-0.3, -0.25) is 4.79 Å². The number of rotatable bonds is 10. The van der Waals surface area contributed by atoms with E-state index >= 15 is 0 Å². The van der Waals surface area contributed by atoms with Crippen LogP contribution in [-0.4, -0.2) is 42.9 Å². The zero-order chi connectivity index (χ0) is 16.4. The Balaban J connectivity index is 2.54. The number of carbonyl (C=O) groups excluding carboxylic acids is 1. The van der Waals surface area contributed by atoms with E-state index in [1.165, 1.54) is 0 Å². The van der Waals surface area contributed by atoms with Crippen LogP contribution in [0.3, 0.4) is 0 Å². The molecule has 0 aromatic carbocycles. The molecule has 22 heavy (non-hydrogen) atoms. The van der Waals surface area contributed by atoms with Crippen molar-refractivity contribution in [3.8, 4) is 5.88 Å². The van der Waals surface area contributed by atoms with Gasteiger partial charge >= 0.3 is 0 Å². The Hall–Kier alpha value is -1.66. The Morgan fingerprint density at radius 2 is 2.00 bits per heavy atom. The van der Waals surface area contributed by atoms with Crippen LogP contribution in [0, 0.1) is 0 Å². The zero-order valence-electron chi connectivity index (χ0n) is 13.8. The minimum Gasteiger partial charge on any atom is -0.475 e. The third-order valence-electron chi connectivity index (χ3n) is 3.29. The van der Waals surface area contributed by atoms with Crippen molar-refractivity contribution in [2.75, 3.05) is 31.7 Å². The van der Waals surface area contributed by atoms with Gasteiger partial charge in [0.25, 0.3) is 5.91 Å². The first-order chi connectivity index (χ1) is 10.6.